The summed E-state index contributed by atoms with van der Waals surface area (Å²) in [6.45, 7) is 1.15. The van der Waals surface area contributed by atoms with Gasteiger partial charge in [-0.25, -0.2) is 9.97 Å². The molecule has 0 aliphatic carbocycles. The number of hydrazine groups is 2. The van der Waals surface area contributed by atoms with Gasteiger partial charge in [0, 0.05) is 24.2 Å². The van der Waals surface area contributed by atoms with Crippen molar-refractivity contribution in [2.75, 3.05) is 23.9 Å². The van der Waals surface area contributed by atoms with E-state index in [4.69, 9.17) is 12.2 Å². The molecule has 2 N–H and O–H groups in total. The van der Waals surface area contributed by atoms with E-state index in [2.05, 4.69) is 20.8 Å². The topological polar surface area (TPSA) is 148 Å². The van der Waals surface area contributed by atoms with Crippen LogP contribution in [0.3, 0.4) is 0 Å². The molecule has 2 aromatic heterocycles. The van der Waals surface area contributed by atoms with Crippen LogP contribution < -0.4 is 22.0 Å². The van der Waals surface area contributed by atoms with Crippen LogP contribution in [0.1, 0.15) is 11.1 Å². The molecule has 2 aliphatic rings. The molecule has 0 fully saturated rings. The summed E-state index contributed by atoms with van der Waals surface area (Å²) in [5.41, 5.74) is 7.18. The van der Waals surface area contributed by atoms with Gasteiger partial charge in [-0.05, 0) is 12.2 Å². The number of hydrogen-bond donors (Lipinski definition) is 2. The molecule has 0 unspecified atom stereocenters. The number of benzene rings is 2. The van der Waals surface area contributed by atoms with E-state index in [1.54, 1.807) is 34.3 Å². The number of anilines is 2. The summed E-state index contributed by atoms with van der Waals surface area (Å²) in [7, 11) is 0. The third kappa shape index (κ3) is 4.11. The maximum atomic E-state index is 13.1. The van der Waals surface area contributed by atoms with Gasteiger partial charge in [0.25, 0.3) is 11.1 Å². The highest BCUT2D eigenvalue weighted by Crippen LogP contribution is 2.25. The lowest BCUT2D eigenvalue weighted by Gasteiger charge is -2.39. The van der Waals surface area contributed by atoms with Crippen molar-refractivity contribution >= 4 is 29.2 Å². The first-order chi connectivity index (χ1) is 19.5. The molecule has 2 aromatic carbocycles. The lowest BCUT2D eigenvalue weighted by molar-refractivity contribution is 0.329. The quantitative estimate of drug-likeness (QED) is 0.355. The Morgan fingerprint density at radius 2 is 1.10 bits per heavy atom. The van der Waals surface area contributed by atoms with E-state index >= 15 is 0 Å². The van der Waals surface area contributed by atoms with Crippen LogP contribution in [0.15, 0.2) is 70.3 Å². The third-order valence-electron chi connectivity index (χ3n) is 6.68. The van der Waals surface area contributed by atoms with Gasteiger partial charge in [0.2, 0.25) is 17.0 Å². The molecule has 13 heteroatoms. The maximum absolute atomic E-state index is 13.1. The lowest BCUT2D eigenvalue weighted by atomic mass is 10.1. The number of thiocarbonyl (C=S) groups is 1. The fraction of sp³-hybridized carbons (Fsp3) is 0.148. The molecule has 0 saturated heterocycles. The summed E-state index contributed by atoms with van der Waals surface area (Å²) in [5, 5.41) is 23.0. The van der Waals surface area contributed by atoms with Crippen LogP contribution in [0, 0.1) is 22.7 Å². The molecule has 4 aromatic rings. The fourth-order valence-electron chi connectivity index (χ4n) is 4.69. The molecular formula is C27H20N10O2S. The largest absolute Gasteiger partial charge is 0.274 e. The number of nitrogens with zero attached hydrogens (tertiary/aromatic N) is 8. The minimum Gasteiger partial charge on any atom is -0.274 e. The van der Waals surface area contributed by atoms with Crippen molar-refractivity contribution in [1.82, 2.24) is 29.1 Å². The van der Waals surface area contributed by atoms with Crippen molar-refractivity contribution in [3.05, 3.63) is 92.5 Å². The van der Waals surface area contributed by atoms with Gasteiger partial charge in [-0.2, -0.15) is 10.5 Å². The molecule has 2 aliphatic heterocycles. The summed E-state index contributed by atoms with van der Waals surface area (Å²) >= 11 is 5.76. The summed E-state index contributed by atoms with van der Waals surface area (Å²) < 4.78 is 2.83. The molecule has 6 rings (SSSR count). The minimum atomic E-state index is -0.431. The van der Waals surface area contributed by atoms with Gasteiger partial charge in [-0.3, -0.25) is 39.6 Å². The number of hydrogen-bond acceptors (Lipinski definition) is 9. The number of nitrogens with one attached hydrogen (secondary N) is 2. The zero-order valence-electron chi connectivity index (χ0n) is 20.9. The Morgan fingerprint density at radius 1 is 0.700 bits per heavy atom. The molecule has 0 atom stereocenters. The summed E-state index contributed by atoms with van der Waals surface area (Å²) in [4.78, 5) is 35.4. The number of aromatic nitrogens is 4. The first kappa shape index (κ1) is 24.8. The third-order valence-corrected chi connectivity index (χ3v) is 7.12. The van der Waals surface area contributed by atoms with Crippen LogP contribution in [0.5, 0.6) is 0 Å². The molecule has 12 nitrogen and oxygen atoms in total. The molecular weight excluding hydrogens is 528 g/mol. The SMILES string of the molecule is N#Cc1c(-c2ccccc2)nc2n(c1=O)CCN(C(=S)N1CCn3c(nc(-c4ccccc4)c(C#N)c3=O)N1)N2. The van der Waals surface area contributed by atoms with Gasteiger partial charge < -0.3 is 0 Å². The Hall–Kier alpha value is -5.53. The van der Waals surface area contributed by atoms with Gasteiger partial charge in [-0.15, -0.1) is 0 Å². The van der Waals surface area contributed by atoms with Crippen molar-refractivity contribution in [1.29, 1.82) is 10.5 Å². The second kappa shape index (κ2) is 9.98. The van der Waals surface area contributed by atoms with Crippen molar-refractivity contribution in [2.24, 2.45) is 0 Å². The predicted molar refractivity (Wildman–Crippen MR) is 151 cm³/mol. The second-order valence-corrected chi connectivity index (χ2v) is 9.36. The van der Waals surface area contributed by atoms with E-state index in [0.717, 1.165) is 0 Å². The average Bonchev–Trinajstić information content (AvgIpc) is 3.01. The second-order valence-electron chi connectivity index (χ2n) is 9.00. The number of fused-ring (bicyclic) bond motifs is 2. The smallest absolute Gasteiger partial charge is 0.273 e. The minimum absolute atomic E-state index is 0.0236. The molecule has 4 heterocycles. The summed E-state index contributed by atoms with van der Waals surface area (Å²) in [6.07, 6.45) is 0. The van der Waals surface area contributed by atoms with Crippen molar-refractivity contribution in [3.63, 3.8) is 0 Å². The standard InChI is InChI=1S/C27H20N10O2S/c28-15-19-21(17-7-3-1-4-8-17)30-25-32-36(13-11-34(25)23(19)38)27(40)37-14-12-35-24(39)20(16-29)22(31-26(35)33-37)18-9-5-2-6-10-18/h1-10H,11-14H2,(H,30,32)(H,31,33). The summed E-state index contributed by atoms with van der Waals surface area (Å²) in [5.74, 6) is 0.515. The van der Waals surface area contributed by atoms with Gasteiger partial charge in [-0.1, -0.05) is 60.7 Å². The van der Waals surface area contributed by atoms with Crippen LogP contribution in [-0.2, 0) is 13.1 Å². The van der Waals surface area contributed by atoms with Crippen LogP contribution >= 0.6 is 12.2 Å². The van der Waals surface area contributed by atoms with Crippen molar-refractivity contribution in [3.8, 4) is 34.7 Å². The normalized spacial score (nSPS) is 13.7. The maximum Gasteiger partial charge on any atom is 0.273 e. The Labute approximate surface area is 232 Å². The molecule has 0 saturated carbocycles. The average molecular weight is 549 g/mol. The molecule has 40 heavy (non-hydrogen) atoms. The van der Waals surface area contributed by atoms with E-state index in [1.807, 2.05) is 48.5 Å². The number of nitriles is 2. The monoisotopic (exact) mass is 548 g/mol. The summed E-state index contributed by atoms with van der Waals surface area (Å²) in [6, 6.07) is 22.1. The molecule has 0 spiro atoms. The van der Waals surface area contributed by atoms with Gasteiger partial charge >= 0.3 is 0 Å². The van der Waals surface area contributed by atoms with Crippen molar-refractivity contribution < 1.29 is 0 Å². The highest BCUT2D eigenvalue weighted by molar-refractivity contribution is 7.80. The Balaban J connectivity index is 1.30. The Bertz CT molecular complexity index is 1720. The van der Waals surface area contributed by atoms with Gasteiger partial charge in [0.05, 0.1) is 24.5 Å². The van der Waals surface area contributed by atoms with E-state index in [-0.39, 0.29) is 47.5 Å². The first-order valence-corrected chi connectivity index (χ1v) is 12.7. The molecule has 0 bridgehead atoms. The highest BCUT2D eigenvalue weighted by atomic mass is 32.1. The molecule has 0 amide bonds. The Morgan fingerprint density at radius 3 is 1.48 bits per heavy atom. The van der Waals surface area contributed by atoms with E-state index < -0.39 is 11.1 Å². The van der Waals surface area contributed by atoms with E-state index in [0.29, 0.717) is 29.3 Å². The van der Waals surface area contributed by atoms with Gasteiger partial charge in [0.1, 0.15) is 23.3 Å². The van der Waals surface area contributed by atoms with E-state index in [9.17, 15) is 20.1 Å². The van der Waals surface area contributed by atoms with Gasteiger partial charge in [0.15, 0.2) is 0 Å². The van der Waals surface area contributed by atoms with E-state index in [1.165, 1.54) is 9.13 Å². The van der Waals surface area contributed by atoms with Crippen LogP contribution in [0.2, 0.25) is 0 Å². The highest BCUT2D eigenvalue weighted by Gasteiger charge is 2.29. The molecule has 196 valence electrons. The lowest BCUT2D eigenvalue weighted by Crippen LogP contribution is -2.55. The fourth-order valence-corrected chi connectivity index (χ4v) is 4.97. The predicted octanol–water partition coefficient (Wildman–Crippen LogP) is 2.15. The first-order valence-electron chi connectivity index (χ1n) is 12.3. The zero-order chi connectivity index (χ0) is 27.8. The molecule has 0 radical (unpaired) electrons. The van der Waals surface area contributed by atoms with Crippen LogP contribution in [-0.4, -0.2) is 47.3 Å². The van der Waals surface area contributed by atoms with Crippen LogP contribution in [0.25, 0.3) is 22.5 Å². The Kier molecular flexibility index (Phi) is 6.18. The zero-order valence-corrected chi connectivity index (χ0v) is 21.7. The van der Waals surface area contributed by atoms with Crippen LogP contribution in [0.4, 0.5) is 11.9 Å². The number of rotatable bonds is 2. The van der Waals surface area contributed by atoms with Crippen molar-refractivity contribution in [2.45, 2.75) is 13.1 Å².